The van der Waals surface area contributed by atoms with Crippen LogP contribution in [0.25, 0.3) is 0 Å². The number of hydrogen-bond donors (Lipinski definition) is 0. The molecule has 2 aromatic rings. The van der Waals surface area contributed by atoms with Crippen LogP contribution in [0.4, 0.5) is 0 Å². The molecule has 0 amide bonds. The van der Waals surface area contributed by atoms with Gasteiger partial charge in [0.2, 0.25) is 0 Å². The summed E-state index contributed by atoms with van der Waals surface area (Å²) in [6.45, 7) is 0. The summed E-state index contributed by atoms with van der Waals surface area (Å²) in [5, 5.41) is 0.324. The molecule has 0 aromatic heterocycles. The van der Waals surface area contributed by atoms with Gasteiger partial charge in [-0.3, -0.25) is 4.99 Å². The van der Waals surface area contributed by atoms with Gasteiger partial charge < -0.3 is 0 Å². The van der Waals surface area contributed by atoms with Crippen LogP contribution in [0.2, 0.25) is 0 Å². The summed E-state index contributed by atoms with van der Waals surface area (Å²) in [5.74, 6) is 0. The Balaban J connectivity index is 1.67. The minimum absolute atomic E-state index is 0.324. The van der Waals surface area contributed by atoms with Crippen LogP contribution in [-0.2, 0) is 0 Å². The third kappa shape index (κ3) is 2.02. The van der Waals surface area contributed by atoms with Gasteiger partial charge >= 0.3 is 0 Å². The van der Waals surface area contributed by atoms with E-state index in [2.05, 4.69) is 53.5 Å². The fourth-order valence-corrected chi connectivity index (χ4v) is 2.61. The Morgan fingerprint density at radius 1 is 0.812 bits per heavy atom. The third-order valence-corrected chi connectivity index (χ3v) is 3.58. The second-order valence-electron chi connectivity index (χ2n) is 3.66. The Hall–Kier alpha value is -1.54. The van der Waals surface area contributed by atoms with E-state index in [4.69, 9.17) is 0 Å². The lowest BCUT2D eigenvalue weighted by atomic mass is 10.2. The summed E-state index contributed by atoms with van der Waals surface area (Å²) in [6, 6.07) is 20.8. The van der Waals surface area contributed by atoms with Gasteiger partial charge in [-0.1, -0.05) is 60.3 Å². The van der Waals surface area contributed by atoms with E-state index in [1.165, 1.54) is 16.2 Å². The van der Waals surface area contributed by atoms with Gasteiger partial charge in [-0.2, -0.15) is 0 Å². The molecule has 2 heteroatoms. The molecule has 0 bridgehead atoms. The van der Waals surface area contributed by atoms with E-state index in [1.54, 1.807) is 0 Å². The molecule has 78 valence electrons. The number of thioether (sulfide) groups is 1. The highest BCUT2D eigenvalue weighted by molar-refractivity contribution is 8.01. The molecule has 16 heavy (non-hydrogen) atoms. The molecule has 1 aliphatic heterocycles. The predicted molar refractivity (Wildman–Crippen MR) is 69.1 cm³/mol. The van der Waals surface area contributed by atoms with E-state index in [1.807, 2.05) is 23.9 Å². The van der Waals surface area contributed by atoms with Gasteiger partial charge in [0.1, 0.15) is 5.37 Å². The van der Waals surface area contributed by atoms with Gasteiger partial charge in [-0.25, -0.2) is 0 Å². The highest BCUT2D eigenvalue weighted by Gasteiger charge is 2.29. The van der Waals surface area contributed by atoms with Gasteiger partial charge in [-0.15, -0.1) is 0 Å². The van der Waals surface area contributed by atoms with Crippen LogP contribution in [-0.4, -0.2) is 11.1 Å². The van der Waals surface area contributed by atoms with Crippen LogP contribution >= 0.6 is 11.8 Å². The van der Waals surface area contributed by atoms with E-state index < -0.39 is 0 Å². The minimum atomic E-state index is 0.324. The normalized spacial score (nSPS) is 18.0. The molecule has 1 aliphatic rings. The zero-order valence-corrected chi connectivity index (χ0v) is 9.52. The molecule has 2 aromatic carbocycles. The molecule has 1 nitrogen and oxygen atoms in total. The molecule has 0 radical (unpaired) electrons. The van der Waals surface area contributed by atoms with Crippen molar-refractivity contribution in [1.29, 1.82) is 0 Å². The fraction of sp³-hybridized carbons (Fsp3) is 0.0714. The molecule has 1 heterocycles. The topological polar surface area (TPSA) is 12.4 Å². The molecule has 0 aliphatic carbocycles. The van der Waals surface area contributed by atoms with Gasteiger partial charge in [0, 0.05) is 4.90 Å². The maximum atomic E-state index is 4.50. The van der Waals surface area contributed by atoms with Gasteiger partial charge in [0.25, 0.3) is 0 Å². The summed E-state index contributed by atoms with van der Waals surface area (Å²) in [6.07, 6.45) is 0. The average molecular weight is 225 g/mol. The molecule has 1 unspecified atom stereocenters. The van der Waals surface area contributed by atoms with Gasteiger partial charge in [0.05, 0.1) is 5.71 Å². The molecular weight excluding hydrogens is 214 g/mol. The van der Waals surface area contributed by atoms with Crippen LogP contribution in [0.15, 0.2) is 70.6 Å². The maximum Gasteiger partial charge on any atom is 0.142 e. The van der Waals surface area contributed by atoms with Crippen molar-refractivity contribution in [2.24, 2.45) is 4.99 Å². The smallest absolute Gasteiger partial charge is 0.142 e. The Labute approximate surface area is 99.2 Å². The van der Waals surface area contributed by atoms with Crippen LogP contribution in [0.3, 0.4) is 0 Å². The number of benzene rings is 2. The van der Waals surface area contributed by atoms with Crippen LogP contribution < -0.4 is 0 Å². The van der Waals surface area contributed by atoms with Crippen molar-refractivity contribution in [3.8, 4) is 0 Å². The first-order valence-electron chi connectivity index (χ1n) is 5.28. The minimum Gasteiger partial charge on any atom is -0.265 e. The number of rotatable bonds is 3. The van der Waals surface area contributed by atoms with Crippen molar-refractivity contribution in [1.82, 2.24) is 0 Å². The molecule has 3 rings (SSSR count). The fourth-order valence-electron chi connectivity index (χ4n) is 1.63. The van der Waals surface area contributed by atoms with Crippen LogP contribution in [0.5, 0.6) is 0 Å². The molecule has 1 atom stereocenters. The first kappa shape index (κ1) is 9.67. The quantitative estimate of drug-likeness (QED) is 0.777. The molecule has 0 saturated carbocycles. The zero-order chi connectivity index (χ0) is 10.8. The third-order valence-electron chi connectivity index (χ3n) is 2.48. The first-order chi connectivity index (χ1) is 7.93. The first-order valence-corrected chi connectivity index (χ1v) is 6.16. The molecule has 0 N–H and O–H groups in total. The molecule has 0 saturated heterocycles. The van der Waals surface area contributed by atoms with Crippen molar-refractivity contribution >= 4 is 17.5 Å². The van der Waals surface area contributed by atoms with Crippen molar-refractivity contribution in [2.75, 3.05) is 0 Å². The van der Waals surface area contributed by atoms with Crippen molar-refractivity contribution in [2.45, 2.75) is 10.3 Å². The van der Waals surface area contributed by atoms with Crippen LogP contribution in [0, 0.1) is 0 Å². The van der Waals surface area contributed by atoms with E-state index in [9.17, 15) is 0 Å². The number of nitrogens with zero attached hydrogens (tertiary/aromatic N) is 1. The van der Waals surface area contributed by atoms with Crippen molar-refractivity contribution < 1.29 is 0 Å². The zero-order valence-electron chi connectivity index (χ0n) is 8.71. The molecule has 0 spiro atoms. The Kier molecular flexibility index (Phi) is 2.50. The Bertz CT molecular complexity index is 505. The van der Waals surface area contributed by atoms with Gasteiger partial charge in [-0.05, 0) is 17.7 Å². The lowest BCUT2D eigenvalue weighted by Gasteiger charge is -1.98. The lowest BCUT2D eigenvalue weighted by Crippen LogP contribution is -1.93. The Morgan fingerprint density at radius 2 is 1.44 bits per heavy atom. The SMILES string of the molecule is c1ccc(SC2N=C2c2ccccc2)cc1. The maximum absolute atomic E-state index is 4.50. The van der Waals surface area contributed by atoms with E-state index >= 15 is 0 Å². The monoisotopic (exact) mass is 225 g/mol. The highest BCUT2D eigenvalue weighted by Crippen LogP contribution is 2.34. The average Bonchev–Trinajstić information content (AvgIpc) is 3.11. The lowest BCUT2D eigenvalue weighted by molar-refractivity contribution is 1.40. The standard InChI is InChI=1S/C14H11NS/c1-3-7-11(8-4-1)13-14(15-13)16-12-9-5-2-6-10-12/h1-10,14H. The summed E-state index contributed by atoms with van der Waals surface area (Å²) < 4.78 is 0. The predicted octanol–water partition coefficient (Wildman–Crippen LogP) is 3.61. The summed E-state index contributed by atoms with van der Waals surface area (Å²) >= 11 is 1.81. The summed E-state index contributed by atoms with van der Waals surface area (Å²) in [4.78, 5) is 5.78. The summed E-state index contributed by atoms with van der Waals surface area (Å²) in [7, 11) is 0. The highest BCUT2D eigenvalue weighted by atomic mass is 32.2. The van der Waals surface area contributed by atoms with E-state index in [-0.39, 0.29) is 0 Å². The van der Waals surface area contributed by atoms with E-state index in [0.29, 0.717) is 5.37 Å². The second-order valence-corrected chi connectivity index (χ2v) is 4.82. The van der Waals surface area contributed by atoms with Crippen LogP contribution in [0.1, 0.15) is 5.56 Å². The largest absolute Gasteiger partial charge is 0.265 e. The second kappa shape index (κ2) is 4.14. The number of hydrogen-bond acceptors (Lipinski definition) is 2. The van der Waals surface area contributed by atoms with Crippen molar-refractivity contribution in [3.05, 3.63) is 66.2 Å². The van der Waals surface area contributed by atoms with Crippen molar-refractivity contribution in [3.63, 3.8) is 0 Å². The molecular formula is C14H11NS. The summed E-state index contributed by atoms with van der Waals surface area (Å²) in [5.41, 5.74) is 2.46. The Morgan fingerprint density at radius 3 is 2.12 bits per heavy atom. The molecule has 0 fully saturated rings. The van der Waals surface area contributed by atoms with Gasteiger partial charge in [0.15, 0.2) is 0 Å². The number of aliphatic imine (C=N–C) groups is 1. The van der Waals surface area contributed by atoms with E-state index in [0.717, 1.165) is 0 Å².